The van der Waals surface area contributed by atoms with Gasteiger partial charge in [0.15, 0.2) is 0 Å². The van der Waals surface area contributed by atoms with Crippen molar-refractivity contribution < 1.29 is 4.39 Å². The molecule has 0 radical (unpaired) electrons. The van der Waals surface area contributed by atoms with Crippen molar-refractivity contribution in [3.05, 3.63) is 70.0 Å². The Morgan fingerprint density at radius 1 is 1.10 bits per heavy atom. The third-order valence-corrected chi connectivity index (χ3v) is 4.10. The molecule has 21 heavy (non-hydrogen) atoms. The zero-order valence-electron chi connectivity index (χ0n) is 13.1. The third kappa shape index (κ3) is 4.07. The van der Waals surface area contributed by atoms with E-state index in [2.05, 4.69) is 27.7 Å². The molecule has 2 rings (SSSR count). The summed E-state index contributed by atoms with van der Waals surface area (Å²) in [5.74, 6) is 0.120. The lowest BCUT2D eigenvalue weighted by molar-refractivity contribution is 0.562. The number of rotatable bonds is 3. The van der Waals surface area contributed by atoms with Crippen LogP contribution in [0.1, 0.15) is 50.3 Å². The Balaban J connectivity index is 2.20. The summed E-state index contributed by atoms with van der Waals surface area (Å²) in [6, 6.07) is 13.4. The van der Waals surface area contributed by atoms with Crippen molar-refractivity contribution in [1.82, 2.24) is 0 Å². The molecule has 0 amide bonds. The molecule has 0 aliphatic carbocycles. The van der Waals surface area contributed by atoms with E-state index in [1.807, 2.05) is 36.4 Å². The summed E-state index contributed by atoms with van der Waals surface area (Å²) in [6.45, 7) is 8.38. The minimum absolute atomic E-state index is 0.0298. The maximum absolute atomic E-state index is 14.3. The van der Waals surface area contributed by atoms with E-state index in [0.29, 0.717) is 6.42 Å². The average molecular weight is 305 g/mol. The lowest BCUT2D eigenvalue weighted by Gasteiger charge is -2.20. The second-order valence-electron chi connectivity index (χ2n) is 6.72. The molecule has 0 N–H and O–H groups in total. The molecular formula is C19H22ClF. The van der Waals surface area contributed by atoms with E-state index in [1.54, 1.807) is 6.07 Å². The largest absolute Gasteiger partial charge is 0.207 e. The molecule has 112 valence electrons. The molecule has 0 saturated carbocycles. The SMILES string of the molecule is CC(Cc1ccc(C(C)(C)C)cc1F)c1cccc(Cl)c1. The molecule has 0 nitrogen and oxygen atoms in total. The molecule has 0 fully saturated rings. The van der Waals surface area contributed by atoms with Crippen LogP contribution < -0.4 is 0 Å². The number of hydrogen-bond acceptors (Lipinski definition) is 0. The molecule has 2 aromatic carbocycles. The van der Waals surface area contributed by atoms with Crippen molar-refractivity contribution in [2.45, 2.75) is 45.4 Å². The summed E-state index contributed by atoms with van der Waals surface area (Å²) in [4.78, 5) is 0. The topological polar surface area (TPSA) is 0 Å². The first-order valence-electron chi connectivity index (χ1n) is 7.32. The summed E-state index contributed by atoms with van der Waals surface area (Å²) in [7, 11) is 0. The van der Waals surface area contributed by atoms with Crippen LogP contribution in [0, 0.1) is 5.82 Å². The first kappa shape index (κ1) is 16.0. The van der Waals surface area contributed by atoms with E-state index >= 15 is 0 Å². The van der Waals surface area contributed by atoms with E-state index in [-0.39, 0.29) is 17.2 Å². The molecule has 0 heterocycles. The molecule has 0 spiro atoms. The highest BCUT2D eigenvalue weighted by atomic mass is 35.5. The second kappa shape index (κ2) is 6.19. The maximum atomic E-state index is 14.3. The van der Waals surface area contributed by atoms with Crippen LogP contribution in [-0.4, -0.2) is 0 Å². The van der Waals surface area contributed by atoms with Gasteiger partial charge in [0, 0.05) is 5.02 Å². The lowest BCUT2D eigenvalue weighted by atomic mass is 9.85. The molecule has 1 atom stereocenters. The molecule has 0 aliphatic rings. The molecular weight excluding hydrogens is 283 g/mol. The molecule has 0 aliphatic heterocycles. The van der Waals surface area contributed by atoms with Gasteiger partial charge in [-0.1, -0.05) is 63.6 Å². The van der Waals surface area contributed by atoms with Gasteiger partial charge in [0.2, 0.25) is 0 Å². The van der Waals surface area contributed by atoms with E-state index in [9.17, 15) is 4.39 Å². The van der Waals surface area contributed by atoms with Crippen molar-refractivity contribution in [2.75, 3.05) is 0 Å². The smallest absolute Gasteiger partial charge is 0.126 e. The molecule has 1 unspecified atom stereocenters. The normalized spacial score (nSPS) is 13.2. The Kier molecular flexibility index (Phi) is 4.73. The molecule has 0 aromatic heterocycles. The highest BCUT2D eigenvalue weighted by molar-refractivity contribution is 6.30. The molecule has 2 aromatic rings. The summed E-state index contributed by atoms with van der Waals surface area (Å²) in [5, 5.41) is 0.725. The first-order valence-corrected chi connectivity index (χ1v) is 7.69. The van der Waals surface area contributed by atoms with E-state index in [4.69, 9.17) is 11.6 Å². The Morgan fingerprint density at radius 3 is 2.38 bits per heavy atom. The van der Waals surface area contributed by atoms with Crippen molar-refractivity contribution in [1.29, 1.82) is 0 Å². The molecule has 0 saturated heterocycles. The number of hydrogen-bond donors (Lipinski definition) is 0. The Hall–Kier alpha value is -1.34. The minimum atomic E-state index is -0.115. The van der Waals surface area contributed by atoms with Crippen LogP contribution in [0.4, 0.5) is 4.39 Å². The van der Waals surface area contributed by atoms with Gasteiger partial charge in [0.1, 0.15) is 5.82 Å². The first-order chi connectivity index (χ1) is 9.77. The van der Waals surface area contributed by atoms with E-state index in [1.165, 1.54) is 0 Å². The van der Waals surface area contributed by atoms with Gasteiger partial charge in [-0.3, -0.25) is 0 Å². The van der Waals surface area contributed by atoms with E-state index in [0.717, 1.165) is 21.7 Å². The number of halogens is 2. The van der Waals surface area contributed by atoms with Crippen LogP contribution in [0.3, 0.4) is 0 Å². The maximum Gasteiger partial charge on any atom is 0.126 e. The van der Waals surface area contributed by atoms with Gasteiger partial charge in [0.25, 0.3) is 0 Å². The second-order valence-corrected chi connectivity index (χ2v) is 7.15. The van der Waals surface area contributed by atoms with Crippen molar-refractivity contribution in [3.8, 4) is 0 Å². The predicted molar refractivity (Wildman–Crippen MR) is 88.7 cm³/mol. The van der Waals surface area contributed by atoms with Gasteiger partial charge in [-0.25, -0.2) is 4.39 Å². The van der Waals surface area contributed by atoms with Gasteiger partial charge in [-0.2, -0.15) is 0 Å². The number of benzene rings is 2. The fraction of sp³-hybridized carbons (Fsp3) is 0.368. The molecule has 0 bridgehead atoms. The summed E-state index contributed by atoms with van der Waals surface area (Å²) in [5.41, 5.74) is 2.90. The average Bonchev–Trinajstić information content (AvgIpc) is 2.39. The highest BCUT2D eigenvalue weighted by Crippen LogP contribution is 2.27. The Labute approximate surface area is 132 Å². The fourth-order valence-corrected chi connectivity index (χ4v) is 2.64. The highest BCUT2D eigenvalue weighted by Gasteiger charge is 2.17. The minimum Gasteiger partial charge on any atom is -0.207 e. The van der Waals surface area contributed by atoms with Gasteiger partial charge >= 0.3 is 0 Å². The van der Waals surface area contributed by atoms with Crippen LogP contribution in [0.2, 0.25) is 5.02 Å². The van der Waals surface area contributed by atoms with Gasteiger partial charge < -0.3 is 0 Å². The van der Waals surface area contributed by atoms with Gasteiger partial charge in [-0.05, 0) is 52.6 Å². The zero-order chi connectivity index (χ0) is 15.6. The van der Waals surface area contributed by atoms with Crippen LogP contribution in [0.25, 0.3) is 0 Å². The molecule has 2 heteroatoms. The van der Waals surface area contributed by atoms with Crippen LogP contribution >= 0.6 is 11.6 Å². The Morgan fingerprint density at radius 2 is 1.81 bits per heavy atom. The fourth-order valence-electron chi connectivity index (χ4n) is 2.44. The summed E-state index contributed by atoms with van der Waals surface area (Å²) >= 11 is 6.02. The quantitative estimate of drug-likeness (QED) is 0.640. The van der Waals surface area contributed by atoms with Gasteiger partial charge in [0.05, 0.1) is 0 Å². The monoisotopic (exact) mass is 304 g/mol. The van der Waals surface area contributed by atoms with Gasteiger partial charge in [-0.15, -0.1) is 0 Å². The third-order valence-electron chi connectivity index (χ3n) is 3.86. The Bertz CT molecular complexity index is 626. The van der Waals surface area contributed by atoms with E-state index < -0.39 is 0 Å². The summed E-state index contributed by atoms with van der Waals surface area (Å²) < 4.78 is 14.3. The summed E-state index contributed by atoms with van der Waals surface area (Å²) in [6.07, 6.45) is 0.677. The van der Waals surface area contributed by atoms with Crippen LogP contribution in [-0.2, 0) is 11.8 Å². The van der Waals surface area contributed by atoms with Crippen molar-refractivity contribution >= 4 is 11.6 Å². The predicted octanol–water partition coefficient (Wildman–Crippen LogP) is 6.12. The lowest BCUT2D eigenvalue weighted by Crippen LogP contribution is -2.12. The van der Waals surface area contributed by atoms with Crippen molar-refractivity contribution in [3.63, 3.8) is 0 Å². The van der Waals surface area contributed by atoms with Crippen LogP contribution in [0.15, 0.2) is 42.5 Å². The van der Waals surface area contributed by atoms with Crippen molar-refractivity contribution in [2.24, 2.45) is 0 Å². The van der Waals surface area contributed by atoms with Crippen LogP contribution in [0.5, 0.6) is 0 Å². The standard InChI is InChI=1S/C19H22ClF/c1-13(14-6-5-7-17(20)11-14)10-15-8-9-16(12-18(15)21)19(2,3)4/h5-9,11-13H,10H2,1-4H3. The zero-order valence-corrected chi connectivity index (χ0v) is 13.8.